The molecule has 0 aliphatic rings. The summed E-state index contributed by atoms with van der Waals surface area (Å²) in [5.74, 6) is -0.976. The van der Waals surface area contributed by atoms with E-state index in [1.54, 1.807) is 31.4 Å². The van der Waals surface area contributed by atoms with Gasteiger partial charge in [-0.15, -0.1) is 11.3 Å². The molecule has 0 unspecified atom stereocenters. The Morgan fingerprint density at radius 3 is 2.95 bits per heavy atom. The largest absolute Gasteiger partial charge is 0.477 e. The Hall–Kier alpha value is -1.43. The third-order valence-electron chi connectivity index (χ3n) is 2.48. The van der Waals surface area contributed by atoms with Gasteiger partial charge in [0, 0.05) is 24.1 Å². The molecule has 0 radical (unpaired) electrons. The smallest absolute Gasteiger partial charge is 0.348 e. The van der Waals surface area contributed by atoms with Gasteiger partial charge in [-0.25, -0.2) is 9.78 Å². The molecule has 0 saturated heterocycles. The third-order valence-corrected chi connectivity index (χ3v) is 3.82. The fourth-order valence-corrected chi connectivity index (χ4v) is 2.73. The topological polar surface area (TPSA) is 59.4 Å². The number of thiazole rings is 1. The summed E-state index contributed by atoms with van der Waals surface area (Å²) in [6.07, 6.45) is 0.599. The minimum Gasteiger partial charge on any atom is -0.477 e. The van der Waals surface area contributed by atoms with Gasteiger partial charge < -0.3 is 9.84 Å². The second-order valence-electron chi connectivity index (χ2n) is 3.84. The van der Waals surface area contributed by atoms with Crippen LogP contribution in [0.3, 0.4) is 0 Å². The number of hydrogen-bond donors (Lipinski definition) is 1. The maximum Gasteiger partial charge on any atom is 0.348 e. The van der Waals surface area contributed by atoms with Crippen LogP contribution in [-0.4, -0.2) is 29.8 Å². The molecule has 1 N–H and O–H groups in total. The molecule has 0 bridgehead atoms. The van der Waals surface area contributed by atoms with Crippen molar-refractivity contribution in [3.8, 4) is 11.3 Å². The highest BCUT2D eigenvalue weighted by molar-refractivity contribution is 7.14. The SMILES string of the molecule is COCCc1nc(-c2cccc(Cl)c2)c(C(=O)O)s1. The van der Waals surface area contributed by atoms with E-state index >= 15 is 0 Å². The Kier molecular flexibility index (Phi) is 4.52. The Bertz CT molecular complexity index is 597. The van der Waals surface area contributed by atoms with Gasteiger partial charge in [-0.05, 0) is 12.1 Å². The number of aromatic nitrogens is 1. The molecule has 1 heterocycles. The molecule has 1 aromatic carbocycles. The third kappa shape index (κ3) is 3.32. The first-order valence-electron chi connectivity index (χ1n) is 5.59. The van der Waals surface area contributed by atoms with E-state index in [4.69, 9.17) is 16.3 Å². The number of carboxylic acid groups (broad SMARTS) is 1. The lowest BCUT2D eigenvalue weighted by Gasteiger charge is -1.99. The van der Waals surface area contributed by atoms with Crippen molar-refractivity contribution in [3.63, 3.8) is 0 Å². The molecule has 0 atom stereocenters. The van der Waals surface area contributed by atoms with Crippen LogP contribution in [0.2, 0.25) is 5.02 Å². The number of benzene rings is 1. The fourth-order valence-electron chi connectivity index (χ4n) is 1.64. The standard InChI is InChI=1S/C13H12ClNO3S/c1-18-6-5-10-15-11(12(19-10)13(16)17)8-3-2-4-9(14)7-8/h2-4,7H,5-6H2,1H3,(H,16,17). The normalized spacial score (nSPS) is 10.6. The number of methoxy groups -OCH3 is 1. The van der Waals surface area contributed by atoms with Crippen molar-refractivity contribution in [2.75, 3.05) is 13.7 Å². The maximum atomic E-state index is 11.3. The zero-order valence-electron chi connectivity index (χ0n) is 10.2. The number of hydrogen-bond acceptors (Lipinski definition) is 4. The molecule has 2 aromatic rings. The molecule has 0 aliphatic carbocycles. The van der Waals surface area contributed by atoms with Gasteiger partial charge in [0.05, 0.1) is 17.3 Å². The highest BCUT2D eigenvalue weighted by Crippen LogP contribution is 2.30. The summed E-state index contributed by atoms with van der Waals surface area (Å²) in [7, 11) is 1.60. The van der Waals surface area contributed by atoms with Crippen molar-refractivity contribution in [2.45, 2.75) is 6.42 Å². The first-order chi connectivity index (χ1) is 9.11. The Labute approximate surface area is 119 Å². The van der Waals surface area contributed by atoms with E-state index in [0.29, 0.717) is 29.3 Å². The highest BCUT2D eigenvalue weighted by Gasteiger charge is 2.18. The fraction of sp³-hybridized carbons (Fsp3) is 0.231. The number of halogens is 1. The number of carboxylic acids is 1. The first kappa shape index (κ1) is 14.0. The molecule has 100 valence electrons. The van der Waals surface area contributed by atoms with Crippen LogP contribution in [0.15, 0.2) is 24.3 Å². The highest BCUT2D eigenvalue weighted by atomic mass is 35.5. The van der Waals surface area contributed by atoms with Crippen molar-refractivity contribution in [1.82, 2.24) is 4.98 Å². The summed E-state index contributed by atoms with van der Waals surface area (Å²) in [4.78, 5) is 15.9. The van der Waals surface area contributed by atoms with E-state index in [1.165, 1.54) is 11.3 Å². The van der Waals surface area contributed by atoms with E-state index < -0.39 is 5.97 Å². The summed E-state index contributed by atoms with van der Waals surface area (Å²) in [6, 6.07) is 7.03. The van der Waals surface area contributed by atoms with Crippen molar-refractivity contribution in [2.24, 2.45) is 0 Å². The van der Waals surface area contributed by atoms with Gasteiger partial charge in [0.15, 0.2) is 0 Å². The number of ether oxygens (including phenoxy) is 1. The minimum absolute atomic E-state index is 0.230. The average molecular weight is 298 g/mol. The molecule has 0 saturated carbocycles. The van der Waals surface area contributed by atoms with Crippen molar-refractivity contribution < 1.29 is 14.6 Å². The van der Waals surface area contributed by atoms with Gasteiger partial charge in [-0.3, -0.25) is 0 Å². The predicted octanol–water partition coefficient (Wildman–Crippen LogP) is 3.35. The number of nitrogens with zero attached hydrogens (tertiary/aromatic N) is 1. The van der Waals surface area contributed by atoms with E-state index in [2.05, 4.69) is 4.98 Å². The summed E-state index contributed by atoms with van der Waals surface area (Å²) < 4.78 is 4.98. The van der Waals surface area contributed by atoms with Gasteiger partial charge in [0.25, 0.3) is 0 Å². The number of aromatic carboxylic acids is 1. The molecule has 0 amide bonds. The zero-order valence-corrected chi connectivity index (χ0v) is 11.8. The molecule has 6 heteroatoms. The summed E-state index contributed by atoms with van der Waals surface area (Å²) in [5.41, 5.74) is 1.18. The number of carbonyl (C=O) groups is 1. The second-order valence-corrected chi connectivity index (χ2v) is 5.36. The molecular formula is C13H12ClNO3S. The molecule has 0 spiro atoms. The zero-order chi connectivity index (χ0) is 13.8. The number of rotatable bonds is 5. The van der Waals surface area contributed by atoms with Crippen LogP contribution < -0.4 is 0 Å². The van der Waals surface area contributed by atoms with Crippen LogP contribution in [0, 0.1) is 0 Å². The van der Waals surface area contributed by atoms with Crippen LogP contribution >= 0.6 is 22.9 Å². The van der Waals surface area contributed by atoms with Crippen molar-refractivity contribution in [3.05, 3.63) is 39.2 Å². The average Bonchev–Trinajstić information content (AvgIpc) is 2.80. The molecule has 1 aromatic heterocycles. The van der Waals surface area contributed by atoms with E-state index in [-0.39, 0.29) is 4.88 Å². The lowest BCUT2D eigenvalue weighted by molar-refractivity contribution is 0.0702. The Morgan fingerprint density at radius 2 is 2.32 bits per heavy atom. The van der Waals surface area contributed by atoms with E-state index in [9.17, 15) is 9.90 Å². The van der Waals surface area contributed by atoms with Crippen LogP contribution in [0.25, 0.3) is 11.3 Å². The molecule has 0 aliphatic heterocycles. The Morgan fingerprint density at radius 1 is 1.53 bits per heavy atom. The monoisotopic (exact) mass is 297 g/mol. The minimum atomic E-state index is -0.976. The van der Waals surface area contributed by atoms with Gasteiger partial charge in [0.2, 0.25) is 0 Å². The lowest BCUT2D eigenvalue weighted by atomic mass is 10.1. The summed E-state index contributed by atoms with van der Waals surface area (Å²) in [5, 5.41) is 10.5. The molecule has 4 nitrogen and oxygen atoms in total. The van der Waals surface area contributed by atoms with Gasteiger partial charge in [-0.2, -0.15) is 0 Å². The van der Waals surface area contributed by atoms with Gasteiger partial charge in [0.1, 0.15) is 4.88 Å². The quantitative estimate of drug-likeness (QED) is 0.919. The van der Waals surface area contributed by atoms with E-state index in [0.717, 1.165) is 5.01 Å². The van der Waals surface area contributed by atoms with Crippen LogP contribution in [0.1, 0.15) is 14.7 Å². The van der Waals surface area contributed by atoms with Gasteiger partial charge in [-0.1, -0.05) is 23.7 Å². The molecular weight excluding hydrogens is 286 g/mol. The second kappa shape index (κ2) is 6.14. The summed E-state index contributed by atoms with van der Waals surface area (Å²) >= 11 is 7.10. The summed E-state index contributed by atoms with van der Waals surface area (Å²) in [6.45, 7) is 0.515. The maximum absolute atomic E-state index is 11.3. The first-order valence-corrected chi connectivity index (χ1v) is 6.79. The van der Waals surface area contributed by atoms with Crippen LogP contribution in [0.4, 0.5) is 0 Å². The van der Waals surface area contributed by atoms with Crippen LogP contribution in [-0.2, 0) is 11.2 Å². The van der Waals surface area contributed by atoms with Crippen molar-refractivity contribution in [1.29, 1.82) is 0 Å². The Balaban J connectivity index is 2.43. The molecule has 2 rings (SSSR count). The molecule has 0 fully saturated rings. The predicted molar refractivity (Wildman–Crippen MR) is 75.1 cm³/mol. The molecule has 19 heavy (non-hydrogen) atoms. The van der Waals surface area contributed by atoms with Crippen LogP contribution in [0.5, 0.6) is 0 Å². The lowest BCUT2D eigenvalue weighted by Crippen LogP contribution is -1.95. The van der Waals surface area contributed by atoms with E-state index in [1.807, 2.05) is 0 Å². The van der Waals surface area contributed by atoms with Crippen molar-refractivity contribution >= 4 is 28.9 Å². The van der Waals surface area contributed by atoms with Gasteiger partial charge >= 0.3 is 5.97 Å².